The zero-order chi connectivity index (χ0) is 8.97. The Hall–Kier alpha value is -0.570. The lowest BCUT2D eigenvalue weighted by Crippen LogP contribution is -2.19. The number of hydrogen-bond acceptors (Lipinski definition) is 2. The highest BCUT2D eigenvalue weighted by Crippen LogP contribution is 2.13. The van der Waals surface area contributed by atoms with Crippen LogP contribution in [-0.4, -0.2) is 11.7 Å². The van der Waals surface area contributed by atoms with Crippen LogP contribution in [0.25, 0.3) is 0 Å². The van der Waals surface area contributed by atoms with Crippen LogP contribution in [0.1, 0.15) is 18.7 Å². The highest BCUT2D eigenvalue weighted by Gasteiger charge is 2.03. The Morgan fingerprint density at radius 2 is 2.00 bits per heavy atom. The molecule has 0 aromatic heterocycles. The SMILES string of the molecule is CCNC(O)c1ccc(Cl)cc1. The lowest BCUT2D eigenvalue weighted by molar-refractivity contribution is 0.142. The molecule has 0 spiro atoms. The molecular formula is C9H12ClNO. The molecule has 0 aliphatic carbocycles. The van der Waals surface area contributed by atoms with Crippen molar-refractivity contribution < 1.29 is 5.11 Å². The molecule has 1 atom stereocenters. The number of halogens is 1. The second-order valence-electron chi connectivity index (χ2n) is 2.51. The van der Waals surface area contributed by atoms with E-state index in [0.717, 1.165) is 12.1 Å². The van der Waals surface area contributed by atoms with Crippen LogP contribution in [0.15, 0.2) is 24.3 Å². The fraction of sp³-hybridized carbons (Fsp3) is 0.333. The van der Waals surface area contributed by atoms with Crippen molar-refractivity contribution in [3.63, 3.8) is 0 Å². The fourth-order valence-electron chi connectivity index (χ4n) is 0.956. The van der Waals surface area contributed by atoms with E-state index < -0.39 is 6.23 Å². The standard InChI is InChI=1S/C9H12ClNO/c1-2-11-9(12)7-3-5-8(10)6-4-7/h3-6,9,11-12H,2H2,1H3. The van der Waals surface area contributed by atoms with Crippen molar-refractivity contribution in [3.05, 3.63) is 34.9 Å². The Morgan fingerprint density at radius 3 is 2.50 bits per heavy atom. The Morgan fingerprint density at radius 1 is 1.42 bits per heavy atom. The second-order valence-corrected chi connectivity index (χ2v) is 2.95. The summed E-state index contributed by atoms with van der Waals surface area (Å²) in [6.45, 7) is 2.68. The molecule has 0 saturated heterocycles. The molecule has 2 N–H and O–H groups in total. The molecule has 0 saturated carbocycles. The minimum Gasteiger partial charge on any atom is -0.374 e. The van der Waals surface area contributed by atoms with Gasteiger partial charge in [0.15, 0.2) is 0 Å². The first-order chi connectivity index (χ1) is 5.74. The summed E-state index contributed by atoms with van der Waals surface area (Å²) >= 11 is 5.69. The summed E-state index contributed by atoms with van der Waals surface area (Å²) < 4.78 is 0. The maximum atomic E-state index is 9.46. The van der Waals surface area contributed by atoms with Crippen LogP contribution < -0.4 is 5.32 Å². The average molecular weight is 186 g/mol. The monoisotopic (exact) mass is 185 g/mol. The summed E-state index contributed by atoms with van der Waals surface area (Å²) in [5.41, 5.74) is 0.834. The topological polar surface area (TPSA) is 32.3 Å². The van der Waals surface area contributed by atoms with Gasteiger partial charge < -0.3 is 5.11 Å². The summed E-state index contributed by atoms with van der Waals surface area (Å²) in [7, 11) is 0. The van der Waals surface area contributed by atoms with E-state index in [0.29, 0.717) is 5.02 Å². The molecule has 0 aliphatic rings. The minimum atomic E-state index is -0.590. The van der Waals surface area contributed by atoms with Crippen molar-refractivity contribution in [2.24, 2.45) is 0 Å². The number of nitrogens with one attached hydrogen (secondary N) is 1. The predicted molar refractivity (Wildman–Crippen MR) is 50.1 cm³/mol. The van der Waals surface area contributed by atoms with Gasteiger partial charge in [0.25, 0.3) is 0 Å². The molecule has 0 radical (unpaired) electrons. The zero-order valence-corrected chi connectivity index (χ0v) is 7.67. The van der Waals surface area contributed by atoms with Gasteiger partial charge in [0.2, 0.25) is 0 Å². The summed E-state index contributed by atoms with van der Waals surface area (Å²) in [5, 5.41) is 13.0. The number of aliphatic hydroxyl groups excluding tert-OH is 1. The van der Waals surface area contributed by atoms with Crippen molar-refractivity contribution in [3.8, 4) is 0 Å². The molecule has 3 heteroatoms. The van der Waals surface area contributed by atoms with Gasteiger partial charge in [-0.3, -0.25) is 5.32 Å². The molecule has 0 aliphatic heterocycles. The molecule has 66 valence electrons. The van der Waals surface area contributed by atoms with E-state index in [-0.39, 0.29) is 0 Å². The molecule has 1 rings (SSSR count). The van der Waals surface area contributed by atoms with Crippen molar-refractivity contribution in [2.45, 2.75) is 13.2 Å². The lowest BCUT2D eigenvalue weighted by atomic mass is 10.2. The first-order valence-corrected chi connectivity index (χ1v) is 4.28. The minimum absolute atomic E-state index is 0.590. The van der Waals surface area contributed by atoms with Gasteiger partial charge in [-0.05, 0) is 24.2 Å². The molecule has 0 amide bonds. The highest BCUT2D eigenvalue weighted by molar-refractivity contribution is 6.30. The largest absolute Gasteiger partial charge is 0.374 e. The quantitative estimate of drug-likeness (QED) is 0.706. The molecule has 2 nitrogen and oxygen atoms in total. The normalized spacial score (nSPS) is 12.9. The summed E-state index contributed by atoms with van der Waals surface area (Å²) in [4.78, 5) is 0. The first kappa shape index (κ1) is 9.52. The van der Waals surface area contributed by atoms with Crippen LogP contribution in [0.5, 0.6) is 0 Å². The van der Waals surface area contributed by atoms with Crippen molar-refractivity contribution in [1.82, 2.24) is 5.32 Å². The van der Waals surface area contributed by atoms with E-state index in [1.54, 1.807) is 24.3 Å². The fourth-order valence-corrected chi connectivity index (χ4v) is 1.08. The van der Waals surface area contributed by atoms with Gasteiger partial charge in [0.05, 0.1) is 0 Å². The van der Waals surface area contributed by atoms with Gasteiger partial charge in [-0.1, -0.05) is 30.7 Å². The zero-order valence-electron chi connectivity index (χ0n) is 6.92. The van der Waals surface area contributed by atoms with E-state index in [4.69, 9.17) is 11.6 Å². The molecule has 1 aromatic carbocycles. The Balaban J connectivity index is 2.68. The molecule has 0 heterocycles. The van der Waals surface area contributed by atoms with Crippen molar-refractivity contribution in [1.29, 1.82) is 0 Å². The number of benzene rings is 1. The van der Waals surface area contributed by atoms with Gasteiger partial charge in [-0.15, -0.1) is 0 Å². The third kappa shape index (κ3) is 2.48. The Labute approximate surface area is 77.2 Å². The summed E-state index contributed by atoms with van der Waals surface area (Å²) in [6.07, 6.45) is -0.590. The van der Waals surface area contributed by atoms with Gasteiger partial charge in [-0.2, -0.15) is 0 Å². The first-order valence-electron chi connectivity index (χ1n) is 3.91. The van der Waals surface area contributed by atoms with Crippen LogP contribution in [0, 0.1) is 0 Å². The summed E-state index contributed by atoms with van der Waals surface area (Å²) in [5.74, 6) is 0. The molecule has 1 unspecified atom stereocenters. The smallest absolute Gasteiger partial charge is 0.131 e. The average Bonchev–Trinajstić information content (AvgIpc) is 2.06. The third-order valence-corrected chi connectivity index (χ3v) is 1.84. The van der Waals surface area contributed by atoms with Crippen LogP contribution in [0.3, 0.4) is 0 Å². The van der Waals surface area contributed by atoms with Crippen LogP contribution in [0.2, 0.25) is 5.02 Å². The Bertz CT molecular complexity index is 235. The Kier molecular flexibility index (Phi) is 3.53. The lowest BCUT2D eigenvalue weighted by Gasteiger charge is -2.10. The number of aliphatic hydroxyl groups is 1. The molecule has 12 heavy (non-hydrogen) atoms. The number of hydrogen-bond donors (Lipinski definition) is 2. The van der Waals surface area contributed by atoms with Crippen molar-refractivity contribution >= 4 is 11.6 Å². The van der Waals surface area contributed by atoms with E-state index >= 15 is 0 Å². The van der Waals surface area contributed by atoms with Crippen molar-refractivity contribution in [2.75, 3.05) is 6.54 Å². The predicted octanol–water partition coefficient (Wildman–Crippen LogP) is 1.94. The van der Waals surface area contributed by atoms with Gasteiger partial charge >= 0.3 is 0 Å². The van der Waals surface area contributed by atoms with E-state index in [1.165, 1.54) is 0 Å². The maximum Gasteiger partial charge on any atom is 0.131 e. The van der Waals surface area contributed by atoms with Gasteiger partial charge in [0, 0.05) is 5.02 Å². The molecule has 0 bridgehead atoms. The molecule has 0 fully saturated rings. The van der Waals surface area contributed by atoms with Crippen LogP contribution >= 0.6 is 11.6 Å². The van der Waals surface area contributed by atoms with E-state index in [2.05, 4.69) is 5.32 Å². The van der Waals surface area contributed by atoms with E-state index in [1.807, 2.05) is 6.92 Å². The van der Waals surface area contributed by atoms with Gasteiger partial charge in [0.1, 0.15) is 6.23 Å². The molecule has 1 aromatic rings. The van der Waals surface area contributed by atoms with E-state index in [9.17, 15) is 5.11 Å². The third-order valence-electron chi connectivity index (χ3n) is 1.58. The van der Waals surface area contributed by atoms with Crippen LogP contribution in [0.4, 0.5) is 0 Å². The van der Waals surface area contributed by atoms with Gasteiger partial charge in [-0.25, -0.2) is 0 Å². The molecular weight excluding hydrogens is 174 g/mol. The maximum absolute atomic E-state index is 9.46. The summed E-state index contributed by atoms with van der Waals surface area (Å²) in [6, 6.07) is 7.13. The number of rotatable bonds is 3. The second kappa shape index (κ2) is 4.45. The highest BCUT2D eigenvalue weighted by atomic mass is 35.5. The van der Waals surface area contributed by atoms with Crippen LogP contribution in [-0.2, 0) is 0 Å².